The fourth-order valence-electron chi connectivity index (χ4n) is 1.43. The van der Waals surface area contributed by atoms with E-state index < -0.39 is 0 Å². The lowest BCUT2D eigenvalue weighted by atomic mass is 10.2. The number of hydrogen-bond acceptors (Lipinski definition) is 5. The molecule has 2 rings (SSSR count). The molecule has 1 unspecified atom stereocenters. The molecule has 5 heteroatoms. The maximum absolute atomic E-state index is 5.83. The van der Waals surface area contributed by atoms with Crippen LogP contribution < -0.4 is 5.73 Å². The van der Waals surface area contributed by atoms with Crippen LogP contribution in [-0.2, 0) is 5.75 Å². The van der Waals surface area contributed by atoms with E-state index in [4.69, 9.17) is 10.3 Å². The van der Waals surface area contributed by atoms with Crippen LogP contribution in [0.3, 0.4) is 0 Å². The van der Waals surface area contributed by atoms with Crippen LogP contribution in [-0.4, -0.2) is 10.1 Å². The van der Waals surface area contributed by atoms with Gasteiger partial charge in [0.05, 0.1) is 11.8 Å². The Morgan fingerprint density at radius 1 is 1.33 bits per heavy atom. The minimum absolute atomic E-state index is 0.157. The molecule has 1 atom stereocenters. The Morgan fingerprint density at radius 3 is 2.72 bits per heavy atom. The van der Waals surface area contributed by atoms with E-state index in [0.717, 1.165) is 6.42 Å². The zero-order valence-corrected chi connectivity index (χ0v) is 11.4. The zero-order valence-electron chi connectivity index (χ0n) is 10.6. The molecule has 0 radical (unpaired) electrons. The van der Waals surface area contributed by atoms with E-state index in [1.165, 1.54) is 10.5 Å². The summed E-state index contributed by atoms with van der Waals surface area (Å²) in [5, 5.41) is 3.93. The molecule has 0 spiro atoms. The Bertz CT molecular complexity index is 495. The predicted molar refractivity (Wildman–Crippen MR) is 72.3 cm³/mol. The van der Waals surface area contributed by atoms with Gasteiger partial charge in [-0.2, -0.15) is 4.98 Å². The maximum atomic E-state index is 5.83. The SMILES string of the molecule is CCC(N)c1nc(CSc2ccc(C)cc2)no1. The summed E-state index contributed by atoms with van der Waals surface area (Å²) in [6.45, 7) is 4.07. The lowest BCUT2D eigenvalue weighted by Gasteiger charge is -2.00. The summed E-state index contributed by atoms with van der Waals surface area (Å²) in [6.07, 6.45) is 0.798. The zero-order chi connectivity index (χ0) is 13.0. The van der Waals surface area contributed by atoms with Gasteiger partial charge in [-0.3, -0.25) is 0 Å². The third-order valence-electron chi connectivity index (χ3n) is 2.63. The second-order valence-electron chi connectivity index (χ2n) is 4.17. The van der Waals surface area contributed by atoms with E-state index in [9.17, 15) is 0 Å². The number of benzene rings is 1. The van der Waals surface area contributed by atoms with Crippen molar-refractivity contribution in [2.75, 3.05) is 0 Å². The molecule has 1 aromatic carbocycles. The number of thioether (sulfide) groups is 1. The van der Waals surface area contributed by atoms with Gasteiger partial charge in [-0.05, 0) is 25.5 Å². The van der Waals surface area contributed by atoms with Gasteiger partial charge in [-0.1, -0.05) is 29.8 Å². The number of aromatic nitrogens is 2. The Labute approximate surface area is 111 Å². The molecule has 0 aliphatic carbocycles. The topological polar surface area (TPSA) is 64.9 Å². The standard InChI is InChI=1S/C13H17N3OS/c1-3-11(14)13-15-12(16-17-13)8-18-10-6-4-9(2)5-7-10/h4-7,11H,3,8,14H2,1-2H3. The van der Waals surface area contributed by atoms with Crippen molar-refractivity contribution in [2.24, 2.45) is 5.73 Å². The highest BCUT2D eigenvalue weighted by Gasteiger charge is 2.12. The van der Waals surface area contributed by atoms with Crippen LogP contribution in [0.15, 0.2) is 33.7 Å². The van der Waals surface area contributed by atoms with Gasteiger partial charge in [-0.15, -0.1) is 11.8 Å². The first-order valence-corrected chi connectivity index (χ1v) is 6.95. The number of nitrogens with two attached hydrogens (primary N) is 1. The first-order chi connectivity index (χ1) is 8.69. The number of hydrogen-bond donors (Lipinski definition) is 1. The Balaban J connectivity index is 1.94. The van der Waals surface area contributed by atoms with E-state index in [2.05, 4.69) is 41.3 Å². The van der Waals surface area contributed by atoms with Crippen LogP contribution in [0.25, 0.3) is 0 Å². The van der Waals surface area contributed by atoms with Crippen molar-refractivity contribution in [1.82, 2.24) is 10.1 Å². The van der Waals surface area contributed by atoms with Gasteiger partial charge in [0.25, 0.3) is 0 Å². The van der Waals surface area contributed by atoms with Crippen LogP contribution in [0.4, 0.5) is 0 Å². The van der Waals surface area contributed by atoms with Crippen molar-refractivity contribution in [3.63, 3.8) is 0 Å². The second-order valence-corrected chi connectivity index (χ2v) is 5.21. The molecule has 0 saturated carbocycles. The molecule has 18 heavy (non-hydrogen) atoms. The van der Waals surface area contributed by atoms with Gasteiger partial charge in [0.1, 0.15) is 0 Å². The first kappa shape index (κ1) is 13.1. The molecule has 4 nitrogen and oxygen atoms in total. The third kappa shape index (κ3) is 3.34. The van der Waals surface area contributed by atoms with E-state index in [1.54, 1.807) is 11.8 Å². The highest BCUT2D eigenvalue weighted by Crippen LogP contribution is 2.22. The Morgan fingerprint density at radius 2 is 2.06 bits per heavy atom. The number of rotatable bonds is 5. The molecule has 2 aromatic rings. The third-order valence-corrected chi connectivity index (χ3v) is 3.64. The molecular weight excluding hydrogens is 246 g/mol. The predicted octanol–water partition coefficient (Wildman–Crippen LogP) is 3.08. The van der Waals surface area contributed by atoms with Gasteiger partial charge in [0.2, 0.25) is 5.89 Å². The monoisotopic (exact) mass is 263 g/mol. The van der Waals surface area contributed by atoms with Crippen LogP contribution in [0.5, 0.6) is 0 Å². The molecule has 96 valence electrons. The molecule has 1 aromatic heterocycles. The Hall–Kier alpha value is -1.33. The van der Waals surface area contributed by atoms with E-state index in [-0.39, 0.29) is 6.04 Å². The van der Waals surface area contributed by atoms with Crippen LogP contribution in [0, 0.1) is 6.92 Å². The number of aryl methyl sites for hydroxylation is 1. The quantitative estimate of drug-likeness (QED) is 0.840. The summed E-state index contributed by atoms with van der Waals surface area (Å²) in [6, 6.07) is 8.22. The fourth-order valence-corrected chi connectivity index (χ4v) is 2.18. The van der Waals surface area contributed by atoms with Crippen LogP contribution in [0.2, 0.25) is 0 Å². The summed E-state index contributed by atoms with van der Waals surface area (Å²) in [5.41, 5.74) is 7.09. The molecule has 0 aliphatic rings. The van der Waals surface area contributed by atoms with Gasteiger partial charge in [-0.25, -0.2) is 0 Å². The van der Waals surface area contributed by atoms with Crippen LogP contribution >= 0.6 is 11.8 Å². The van der Waals surface area contributed by atoms with E-state index in [0.29, 0.717) is 17.5 Å². The van der Waals surface area contributed by atoms with Crippen molar-refractivity contribution < 1.29 is 4.52 Å². The minimum atomic E-state index is -0.157. The average Bonchev–Trinajstić information content (AvgIpc) is 2.86. The van der Waals surface area contributed by atoms with Gasteiger partial charge in [0, 0.05) is 4.90 Å². The van der Waals surface area contributed by atoms with E-state index in [1.807, 2.05) is 6.92 Å². The highest BCUT2D eigenvalue weighted by molar-refractivity contribution is 7.98. The van der Waals surface area contributed by atoms with Crippen molar-refractivity contribution in [2.45, 2.75) is 37.0 Å². The minimum Gasteiger partial charge on any atom is -0.338 e. The second kappa shape index (κ2) is 6.02. The van der Waals surface area contributed by atoms with Crippen molar-refractivity contribution in [1.29, 1.82) is 0 Å². The molecule has 0 aliphatic heterocycles. The van der Waals surface area contributed by atoms with Crippen molar-refractivity contribution in [3.8, 4) is 0 Å². The fraction of sp³-hybridized carbons (Fsp3) is 0.385. The van der Waals surface area contributed by atoms with Gasteiger partial charge < -0.3 is 10.3 Å². The van der Waals surface area contributed by atoms with Crippen molar-refractivity contribution >= 4 is 11.8 Å². The molecule has 0 saturated heterocycles. The Kier molecular flexibility index (Phi) is 4.38. The maximum Gasteiger partial charge on any atom is 0.243 e. The summed E-state index contributed by atoms with van der Waals surface area (Å²) >= 11 is 1.69. The molecule has 0 bridgehead atoms. The first-order valence-electron chi connectivity index (χ1n) is 5.96. The van der Waals surface area contributed by atoms with Gasteiger partial charge in [0.15, 0.2) is 5.82 Å². The molecule has 2 N–H and O–H groups in total. The van der Waals surface area contributed by atoms with Crippen molar-refractivity contribution in [3.05, 3.63) is 41.5 Å². The largest absolute Gasteiger partial charge is 0.338 e. The summed E-state index contributed by atoms with van der Waals surface area (Å²) < 4.78 is 5.13. The summed E-state index contributed by atoms with van der Waals surface area (Å²) in [4.78, 5) is 5.49. The van der Waals surface area contributed by atoms with Gasteiger partial charge >= 0.3 is 0 Å². The molecule has 0 amide bonds. The average molecular weight is 263 g/mol. The highest BCUT2D eigenvalue weighted by atomic mass is 32.2. The lowest BCUT2D eigenvalue weighted by molar-refractivity contribution is 0.349. The van der Waals surface area contributed by atoms with Crippen LogP contribution in [0.1, 0.15) is 36.7 Å². The summed E-state index contributed by atoms with van der Waals surface area (Å²) in [5.74, 6) is 1.92. The normalized spacial score (nSPS) is 12.6. The summed E-state index contributed by atoms with van der Waals surface area (Å²) in [7, 11) is 0. The lowest BCUT2D eigenvalue weighted by Crippen LogP contribution is -2.08. The number of nitrogens with zero attached hydrogens (tertiary/aromatic N) is 2. The molecular formula is C13H17N3OS. The smallest absolute Gasteiger partial charge is 0.243 e. The molecule has 1 heterocycles. The molecule has 0 fully saturated rings. The van der Waals surface area contributed by atoms with E-state index >= 15 is 0 Å².